The summed E-state index contributed by atoms with van der Waals surface area (Å²) < 4.78 is 33.6. The summed E-state index contributed by atoms with van der Waals surface area (Å²) in [5, 5.41) is 3.47. The van der Waals surface area contributed by atoms with Crippen LogP contribution in [0, 0.1) is 5.92 Å². The van der Waals surface area contributed by atoms with Crippen molar-refractivity contribution in [3.05, 3.63) is 58.6 Å². The lowest BCUT2D eigenvalue weighted by atomic mass is 10.0. The molecule has 7 nitrogen and oxygen atoms in total. The lowest BCUT2D eigenvalue weighted by Crippen LogP contribution is -2.40. The largest absolute Gasteiger partial charge is 0.495 e. The van der Waals surface area contributed by atoms with Gasteiger partial charge in [-0.2, -0.15) is 0 Å². The number of methoxy groups -OCH3 is 1. The maximum Gasteiger partial charge on any atom is 0.251 e. The van der Waals surface area contributed by atoms with Crippen LogP contribution in [0.5, 0.6) is 5.75 Å². The average molecular weight is 480 g/mol. The molecule has 1 aliphatic heterocycles. The molecule has 1 atom stereocenters. The van der Waals surface area contributed by atoms with Crippen molar-refractivity contribution in [1.29, 1.82) is 0 Å². The molecule has 9 heteroatoms. The van der Waals surface area contributed by atoms with Gasteiger partial charge < -0.3 is 15.0 Å². The Labute approximate surface area is 195 Å². The third-order valence-corrected chi connectivity index (χ3v) is 7.22. The van der Waals surface area contributed by atoms with Crippen molar-refractivity contribution in [1.82, 2.24) is 14.9 Å². The first-order valence-corrected chi connectivity index (χ1v) is 12.6. The van der Waals surface area contributed by atoms with E-state index < -0.39 is 10.0 Å². The van der Waals surface area contributed by atoms with Crippen LogP contribution in [0.25, 0.3) is 0 Å². The van der Waals surface area contributed by atoms with Crippen LogP contribution in [-0.2, 0) is 16.6 Å². The van der Waals surface area contributed by atoms with Crippen LogP contribution in [0.15, 0.2) is 47.4 Å². The first-order chi connectivity index (χ1) is 15.3. The van der Waals surface area contributed by atoms with Crippen LogP contribution in [0.2, 0.25) is 5.02 Å². The van der Waals surface area contributed by atoms with E-state index in [2.05, 4.69) is 21.9 Å². The number of rotatable bonds is 9. The SMILES string of the molecule is COc1ccc(C(=O)NCCN2CCCC(C)C2)cc1S(=O)(=O)NCc1ccc(Cl)cc1. The van der Waals surface area contributed by atoms with Gasteiger partial charge >= 0.3 is 0 Å². The Morgan fingerprint density at radius 1 is 1.22 bits per heavy atom. The fourth-order valence-electron chi connectivity index (χ4n) is 3.81. The first kappa shape index (κ1) is 24.5. The number of hydrogen-bond donors (Lipinski definition) is 2. The Morgan fingerprint density at radius 3 is 2.66 bits per heavy atom. The summed E-state index contributed by atoms with van der Waals surface area (Å²) in [4.78, 5) is 14.9. The minimum atomic E-state index is -3.91. The Kier molecular flexibility index (Phi) is 8.53. The number of carbonyl (C=O) groups is 1. The van der Waals surface area contributed by atoms with E-state index >= 15 is 0 Å². The Balaban J connectivity index is 1.65. The van der Waals surface area contributed by atoms with Gasteiger partial charge in [-0.25, -0.2) is 13.1 Å². The second kappa shape index (κ2) is 11.1. The summed E-state index contributed by atoms with van der Waals surface area (Å²) in [5.41, 5.74) is 1.03. The molecule has 2 N–H and O–H groups in total. The standard InChI is InChI=1S/C23H30ClN3O4S/c1-17-4-3-12-27(16-17)13-11-25-23(28)19-7-10-21(31-2)22(14-19)32(29,30)26-15-18-5-8-20(24)9-6-18/h5-10,14,17,26H,3-4,11-13,15-16H2,1-2H3,(H,25,28). The normalized spacial score (nSPS) is 17.2. The second-order valence-electron chi connectivity index (χ2n) is 8.12. The number of nitrogens with one attached hydrogen (secondary N) is 2. The summed E-state index contributed by atoms with van der Waals surface area (Å²) in [5.74, 6) is 0.536. The minimum absolute atomic E-state index is 0.0773. The monoisotopic (exact) mass is 479 g/mol. The molecule has 0 bridgehead atoms. The van der Waals surface area contributed by atoms with Gasteiger partial charge in [0.1, 0.15) is 10.6 Å². The van der Waals surface area contributed by atoms with E-state index in [1.807, 2.05) is 0 Å². The van der Waals surface area contributed by atoms with Gasteiger partial charge in [-0.15, -0.1) is 0 Å². The van der Waals surface area contributed by atoms with Gasteiger partial charge in [0.15, 0.2) is 0 Å². The van der Waals surface area contributed by atoms with Crippen molar-refractivity contribution in [2.45, 2.75) is 31.2 Å². The van der Waals surface area contributed by atoms with E-state index in [4.69, 9.17) is 16.3 Å². The predicted molar refractivity (Wildman–Crippen MR) is 126 cm³/mol. The highest BCUT2D eigenvalue weighted by atomic mass is 35.5. The summed E-state index contributed by atoms with van der Waals surface area (Å²) in [6, 6.07) is 11.3. The highest BCUT2D eigenvalue weighted by Gasteiger charge is 2.22. The molecule has 0 saturated carbocycles. The van der Waals surface area contributed by atoms with Crippen LogP contribution >= 0.6 is 11.6 Å². The number of nitrogens with zero attached hydrogens (tertiary/aromatic N) is 1. The smallest absolute Gasteiger partial charge is 0.251 e. The molecule has 1 aliphatic rings. The van der Waals surface area contributed by atoms with E-state index in [-0.39, 0.29) is 28.7 Å². The quantitative estimate of drug-likeness (QED) is 0.576. The zero-order valence-corrected chi connectivity index (χ0v) is 20.0. The van der Waals surface area contributed by atoms with Gasteiger partial charge in [-0.1, -0.05) is 30.7 Å². The summed E-state index contributed by atoms with van der Waals surface area (Å²) in [6.45, 7) is 5.71. The van der Waals surface area contributed by atoms with Crippen molar-refractivity contribution in [3.8, 4) is 5.75 Å². The topological polar surface area (TPSA) is 87.7 Å². The van der Waals surface area contributed by atoms with E-state index in [0.29, 0.717) is 17.5 Å². The van der Waals surface area contributed by atoms with Crippen molar-refractivity contribution >= 4 is 27.5 Å². The maximum atomic E-state index is 12.9. The zero-order valence-electron chi connectivity index (χ0n) is 18.4. The molecule has 1 saturated heterocycles. The highest BCUT2D eigenvalue weighted by Crippen LogP contribution is 2.25. The maximum absolute atomic E-state index is 12.9. The van der Waals surface area contributed by atoms with Crippen LogP contribution < -0.4 is 14.8 Å². The molecule has 32 heavy (non-hydrogen) atoms. The van der Waals surface area contributed by atoms with Gasteiger partial charge in [-0.3, -0.25) is 4.79 Å². The van der Waals surface area contributed by atoms with Gasteiger partial charge in [-0.05, 0) is 61.2 Å². The molecule has 2 aromatic rings. The van der Waals surface area contributed by atoms with Crippen molar-refractivity contribution in [2.24, 2.45) is 5.92 Å². The number of ether oxygens (including phenoxy) is 1. The van der Waals surface area contributed by atoms with Crippen LogP contribution in [0.3, 0.4) is 0 Å². The van der Waals surface area contributed by atoms with E-state index in [0.717, 1.165) is 25.2 Å². The zero-order chi connectivity index (χ0) is 23.1. The van der Waals surface area contributed by atoms with Crippen molar-refractivity contribution in [3.63, 3.8) is 0 Å². The number of benzene rings is 2. The summed E-state index contributed by atoms with van der Waals surface area (Å²) >= 11 is 5.88. The molecule has 3 rings (SSSR count). The molecule has 0 radical (unpaired) electrons. The van der Waals surface area contributed by atoms with E-state index in [1.165, 1.54) is 32.1 Å². The Bertz CT molecular complexity index is 1030. The minimum Gasteiger partial charge on any atom is -0.495 e. The van der Waals surface area contributed by atoms with Crippen LogP contribution in [-0.4, -0.2) is 52.5 Å². The Hall–Kier alpha value is -2.13. The average Bonchev–Trinajstić information content (AvgIpc) is 2.78. The third kappa shape index (κ3) is 6.68. The lowest BCUT2D eigenvalue weighted by Gasteiger charge is -2.30. The van der Waals surface area contributed by atoms with Crippen LogP contribution in [0.4, 0.5) is 0 Å². The van der Waals surface area contributed by atoms with E-state index in [1.54, 1.807) is 30.3 Å². The number of hydrogen-bond acceptors (Lipinski definition) is 5. The molecule has 1 unspecified atom stereocenters. The molecule has 1 heterocycles. The summed E-state index contributed by atoms with van der Waals surface area (Å²) in [6.07, 6.45) is 2.43. The molecule has 1 fully saturated rings. The van der Waals surface area contributed by atoms with Crippen LogP contribution in [0.1, 0.15) is 35.7 Å². The molecule has 2 aromatic carbocycles. The number of halogens is 1. The molecule has 0 aliphatic carbocycles. The van der Waals surface area contributed by atoms with Crippen molar-refractivity contribution < 1.29 is 17.9 Å². The molecule has 0 spiro atoms. The summed E-state index contributed by atoms with van der Waals surface area (Å²) in [7, 11) is -2.51. The number of piperidine rings is 1. The molecule has 174 valence electrons. The number of sulfonamides is 1. The first-order valence-electron chi connectivity index (χ1n) is 10.7. The fourth-order valence-corrected chi connectivity index (χ4v) is 5.14. The number of carbonyl (C=O) groups excluding carboxylic acids is 1. The van der Waals surface area contributed by atoms with Gasteiger partial charge in [0, 0.05) is 36.8 Å². The van der Waals surface area contributed by atoms with Crippen molar-refractivity contribution in [2.75, 3.05) is 33.3 Å². The van der Waals surface area contributed by atoms with Gasteiger partial charge in [0.25, 0.3) is 5.91 Å². The molecule has 0 aromatic heterocycles. The van der Waals surface area contributed by atoms with Gasteiger partial charge in [0.05, 0.1) is 7.11 Å². The molecular weight excluding hydrogens is 450 g/mol. The van der Waals surface area contributed by atoms with E-state index in [9.17, 15) is 13.2 Å². The fraction of sp³-hybridized carbons (Fsp3) is 0.435. The Morgan fingerprint density at radius 2 is 1.97 bits per heavy atom. The highest BCUT2D eigenvalue weighted by molar-refractivity contribution is 7.89. The predicted octanol–water partition coefficient (Wildman–Crippen LogP) is 3.29. The lowest BCUT2D eigenvalue weighted by molar-refractivity contribution is 0.0943. The van der Waals surface area contributed by atoms with Gasteiger partial charge in [0.2, 0.25) is 10.0 Å². The number of likely N-dealkylation sites (tertiary alicyclic amines) is 1. The molecular formula is C23H30ClN3O4S. The number of amides is 1. The molecule has 1 amide bonds. The third-order valence-electron chi connectivity index (χ3n) is 5.55. The second-order valence-corrected chi connectivity index (χ2v) is 10.3.